The molecule has 1 aliphatic rings. The number of nitrogens with one attached hydrogen (secondary N) is 1. The summed E-state index contributed by atoms with van der Waals surface area (Å²) in [6, 6.07) is 1.52. The highest BCUT2D eigenvalue weighted by Gasteiger charge is 2.44. The monoisotopic (exact) mass is 477 g/mol. The molecule has 14 heteroatoms. The van der Waals surface area contributed by atoms with Crippen LogP contribution in [0, 0.1) is 5.82 Å². The Bertz CT molecular complexity index is 1140. The van der Waals surface area contributed by atoms with Crippen molar-refractivity contribution in [3.05, 3.63) is 46.8 Å². The molecule has 0 amide bonds. The zero-order valence-corrected chi connectivity index (χ0v) is 16.7. The van der Waals surface area contributed by atoms with Crippen LogP contribution in [0.25, 0.3) is 11.2 Å². The molecule has 1 fully saturated rings. The van der Waals surface area contributed by atoms with Gasteiger partial charge in [-0.15, -0.1) is 0 Å². The number of hydrogen-bond acceptors (Lipinski definition) is 8. The maximum absolute atomic E-state index is 14.4. The van der Waals surface area contributed by atoms with Crippen molar-refractivity contribution in [2.24, 2.45) is 0 Å². The van der Waals surface area contributed by atoms with E-state index in [4.69, 9.17) is 16.3 Å². The molecule has 1 aliphatic heterocycles. The molecule has 2 aromatic heterocycles. The van der Waals surface area contributed by atoms with Crippen molar-refractivity contribution in [3.8, 4) is 0 Å². The fourth-order valence-corrected chi connectivity index (χ4v) is 3.66. The number of benzene rings is 1. The number of imidazole rings is 1. The van der Waals surface area contributed by atoms with Gasteiger partial charge in [-0.1, -0.05) is 11.6 Å². The molecule has 0 bridgehead atoms. The van der Waals surface area contributed by atoms with E-state index in [0.717, 1.165) is 12.4 Å². The van der Waals surface area contributed by atoms with Gasteiger partial charge in [-0.25, -0.2) is 19.3 Å². The third-order valence-electron chi connectivity index (χ3n) is 5.08. The van der Waals surface area contributed by atoms with Gasteiger partial charge in [0.1, 0.15) is 30.5 Å². The molecule has 3 aromatic rings. The van der Waals surface area contributed by atoms with Crippen molar-refractivity contribution < 1.29 is 37.6 Å². The lowest BCUT2D eigenvalue weighted by atomic mass is 10.1. The van der Waals surface area contributed by atoms with E-state index in [9.17, 15) is 32.9 Å². The largest absolute Gasteiger partial charge is 0.416 e. The summed E-state index contributed by atoms with van der Waals surface area (Å²) >= 11 is 5.65. The minimum Gasteiger partial charge on any atom is -0.394 e. The zero-order chi connectivity index (χ0) is 23.2. The van der Waals surface area contributed by atoms with Crippen LogP contribution in [0.1, 0.15) is 17.4 Å². The number of hydrogen-bond donors (Lipinski definition) is 4. The molecule has 172 valence electrons. The van der Waals surface area contributed by atoms with Gasteiger partial charge in [0.25, 0.3) is 0 Å². The minimum absolute atomic E-state index is 0.00649. The molecule has 4 N–H and O–H groups in total. The first kappa shape index (κ1) is 22.6. The Labute approximate surface area is 182 Å². The number of ether oxygens (including phenoxy) is 1. The molecule has 4 atom stereocenters. The van der Waals surface area contributed by atoms with Crippen molar-refractivity contribution >= 4 is 28.6 Å². The maximum atomic E-state index is 14.4. The van der Waals surface area contributed by atoms with Gasteiger partial charge in [-0.3, -0.25) is 4.57 Å². The fourth-order valence-electron chi connectivity index (χ4n) is 3.48. The summed E-state index contributed by atoms with van der Waals surface area (Å²) in [5.74, 6) is -1.22. The number of halogens is 5. The highest BCUT2D eigenvalue weighted by Crippen LogP contribution is 2.36. The number of rotatable bonds is 5. The van der Waals surface area contributed by atoms with E-state index in [1.54, 1.807) is 0 Å². The predicted octanol–water partition coefficient (Wildman–Crippen LogP) is 1.86. The number of aliphatic hydroxyl groups excluding tert-OH is 3. The van der Waals surface area contributed by atoms with Crippen LogP contribution in [0.15, 0.2) is 24.8 Å². The standard InChI is InChI=1S/C18H16ClF4N5O4/c19-9-2-1-8(18(21,22)23)7(11(9)20)3-24-15-12-16(26-5-25-15)28(6-27-12)17-14(31)13(30)10(4-29)32-17/h1-2,5-6,10,13-14,17,29-31H,3-4H2,(H,24,25,26)/t10-,13-,14-,17?/m1/s1. The summed E-state index contributed by atoms with van der Waals surface area (Å²) in [5.41, 5.74) is -1.66. The number of fused-ring (bicyclic) bond motifs is 1. The Morgan fingerprint density at radius 1 is 1.16 bits per heavy atom. The van der Waals surface area contributed by atoms with Crippen LogP contribution < -0.4 is 5.32 Å². The first-order valence-corrected chi connectivity index (χ1v) is 9.59. The van der Waals surface area contributed by atoms with Crippen LogP contribution in [-0.2, 0) is 17.5 Å². The molecular formula is C18H16ClF4N5O4. The van der Waals surface area contributed by atoms with E-state index < -0.39 is 65.8 Å². The first-order chi connectivity index (χ1) is 15.1. The van der Waals surface area contributed by atoms with E-state index in [1.165, 1.54) is 10.9 Å². The average molecular weight is 478 g/mol. The topological polar surface area (TPSA) is 126 Å². The normalized spacial score (nSPS) is 23.8. The SMILES string of the molecule is OC[C@H]1OC(n2cnc3c(NCc4c(C(F)(F)F)ccc(Cl)c4F)ncnc32)[C@H](O)[C@@H]1O. The molecule has 9 nitrogen and oxygen atoms in total. The predicted molar refractivity (Wildman–Crippen MR) is 102 cm³/mol. The Balaban J connectivity index is 1.65. The Morgan fingerprint density at radius 2 is 1.91 bits per heavy atom. The van der Waals surface area contributed by atoms with E-state index in [0.29, 0.717) is 6.07 Å². The maximum Gasteiger partial charge on any atom is 0.416 e. The molecule has 1 unspecified atom stereocenters. The number of aromatic nitrogens is 4. The second-order valence-electron chi connectivity index (χ2n) is 7.01. The van der Waals surface area contributed by atoms with Crippen LogP contribution in [0.2, 0.25) is 5.02 Å². The summed E-state index contributed by atoms with van der Waals surface area (Å²) in [6.07, 6.45) is -7.39. The van der Waals surface area contributed by atoms with Gasteiger partial charge in [0, 0.05) is 12.1 Å². The van der Waals surface area contributed by atoms with Gasteiger partial charge in [0.05, 0.1) is 23.5 Å². The summed E-state index contributed by atoms with van der Waals surface area (Å²) in [7, 11) is 0. The van der Waals surface area contributed by atoms with E-state index in [-0.39, 0.29) is 17.0 Å². The van der Waals surface area contributed by atoms with Crippen LogP contribution in [-0.4, -0.2) is 59.8 Å². The van der Waals surface area contributed by atoms with Crippen molar-refractivity contribution in [2.75, 3.05) is 11.9 Å². The highest BCUT2D eigenvalue weighted by molar-refractivity contribution is 6.30. The van der Waals surface area contributed by atoms with Crippen LogP contribution in [0.4, 0.5) is 23.4 Å². The Hall–Kier alpha value is -2.58. The van der Waals surface area contributed by atoms with Crippen molar-refractivity contribution in [3.63, 3.8) is 0 Å². The van der Waals surface area contributed by atoms with Crippen molar-refractivity contribution in [1.29, 1.82) is 0 Å². The van der Waals surface area contributed by atoms with Gasteiger partial charge >= 0.3 is 6.18 Å². The quantitative estimate of drug-likeness (QED) is 0.410. The van der Waals surface area contributed by atoms with Gasteiger partial charge in [-0.05, 0) is 12.1 Å². The van der Waals surface area contributed by atoms with Crippen molar-refractivity contribution in [2.45, 2.75) is 37.3 Å². The Morgan fingerprint density at radius 3 is 2.56 bits per heavy atom. The number of alkyl halides is 3. The average Bonchev–Trinajstić information content (AvgIpc) is 3.29. The lowest BCUT2D eigenvalue weighted by molar-refractivity contribution is -0.138. The molecule has 1 aromatic carbocycles. The lowest BCUT2D eigenvalue weighted by Crippen LogP contribution is -2.33. The number of nitrogens with zero attached hydrogens (tertiary/aromatic N) is 4. The summed E-state index contributed by atoms with van der Waals surface area (Å²) in [5, 5.41) is 31.6. The van der Waals surface area contributed by atoms with Gasteiger partial charge in [-0.2, -0.15) is 13.2 Å². The second kappa shape index (κ2) is 8.41. The summed E-state index contributed by atoms with van der Waals surface area (Å²) in [4.78, 5) is 12.1. The van der Waals surface area contributed by atoms with E-state index in [1.807, 2.05) is 0 Å². The minimum atomic E-state index is -4.80. The van der Waals surface area contributed by atoms with Crippen molar-refractivity contribution in [1.82, 2.24) is 19.5 Å². The van der Waals surface area contributed by atoms with Crippen LogP contribution in [0.3, 0.4) is 0 Å². The molecule has 32 heavy (non-hydrogen) atoms. The molecule has 0 radical (unpaired) electrons. The number of anilines is 1. The van der Waals surface area contributed by atoms with Crippen LogP contribution in [0.5, 0.6) is 0 Å². The number of aliphatic hydroxyl groups is 3. The zero-order valence-electron chi connectivity index (χ0n) is 16.0. The van der Waals surface area contributed by atoms with Gasteiger partial charge < -0.3 is 25.4 Å². The van der Waals surface area contributed by atoms with E-state index >= 15 is 0 Å². The lowest BCUT2D eigenvalue weighted by Gasteiger charge is -2.17. The van der Waals surface area contributed by atoms with Gasteiger partial charge in [0.2, 0.25) is 0 Å². The molecule has 0 spiro atoms. The Kier molecular flexibility index (Phi) is 5.94. The smallest absolute Gasteiger partial charge is 0.394 e. The van der Waals surface area contributed by atoms with Gasteiger partial charge in [0.15, 0.2) is 23.2 Å². The molecule has 1 saturated heterocycles. The fraction of sp³-hybridized carbons (Fsp3) is 0.389. The first-order valence-electron chi connectivity index (χ1n) is 9.21. The summed E-state index contributed by atoms with van der Waals surface area (Å²) < 4.78 is 60.9. The third-order valence-corrected chi connectivity index (χ3v) is 5.38. The third kappa shape index (κ3) is 3.86. The highest BCUT2D eigenvalue weighted by atomic mass is 35.5. The molecule has 4 rings (SSSR count). The molecule has 0 aliphatic carbocycles. The molecular weight excluding hydrogens is 462 g/mol. The van der Waals surface area contributed by atoms with Crippen LogP contribution >= 0.6 is 11.6 Å². The van der Waals surface area contributed by atoms with E-state index in [2.05, 4.69) is 20.3 Å². The molecule has 3 heterocycles. The molecule has 0 saturated carbocycles. The second-order valence-corrected chi connectivity index (χ2v) is 7.42. The summed E-state index contributed by atoms with van der Waals surface area (Å²) in [6.45, 7) is -1.13.